The lowest BCUT2D eigenvalue weighted by Gasteiger charge is -2.11. The van der Waals surface area contributed by atoms with Gasteiger partial charge in [0.05, 0.1) is 0 Å². The maximum absolute atomic E-state index is 12.9. The van der Waals surface area contributed by atoms with E-state index in [1.165, 1.54) is 0 Å². The molecule has 1 aromatic rings. The highest BCUT2D eigenvalue weighted by Crippen LogP contribution is 2.27. The molecule has 0 saturated carbocycles. The average molecular weight is 208 g/mol. The molecule has 0 atom stereocenters. The van der Waals surface area contributed by atoms with Crippen molar-refractivity contribution in [2.75, 3.05) is 0 Å². The molecule has 0 heterocycles. The third kappa shape index (κ3) is 2.61. The summed E-state index contributed by atoms with van der Waals surface area (Å²) >= 11 is 0. The number of benzene rings is 1. The van der Waals surface area contributed by atoms with Gasteiger partial charge in [-0.3, -0.25) is 0 Å². The predicted octanol–water partition coefficient (Wildman–Crippen LogP) is 3.34. The second-order valence-corrected chi connectivity index (χ2v) is 2.91. The van der Waals surface area contributed by atoms with Crippen molar-refractivity contribution < 1.29 is 22.3 Å². The molecule has 5 heteroatoms. The van der Waals surface area contributed by atoms with E-state index in [1.54, 1.807) is 13.8 Å². The first-order valence-electron chi connectivity index (χ1n) is 3.82. The van der Waals surface area contributed by atoms with Gasteiger partial charge in [0.15, 0.2) is 11.6 Å². The molecule has 0 aliphatic carbocycles. The summed E-state index contributed by atoms with van der Waals surface area (Å²) in [4.78, 5) is 0. The average Bonchev–Trinajstić information content (AvgIpc) is 1.97. The Bertz CT molecular complexity index is 343. The molecule has 0 radical (unpaired) electrons. The standard InChI is InChI=1S/C9H8F4O/c1-5-3-7(10)8(4-6(5)2)14-9(11,12)13/h3-4H,1-2H3. The van der Waals surface area contributed by atoms with Crippen LogP contribution in [0, 0.1) is 19.7 Å². The zero-order valence-electron chi connectivity index (χ0n) is 7.57. The summed E-state index contributed by atoms with van der Waals surface area (Å²) in [6.45, 7) is 3.19. The lowest BCUT2D eigenvalue weighted by atomic mass is 10.1. The fourth-order valence-electron chi connectivity index (χ4n) is 0.957. The van der Waals surface area contributed by atoms with E-state index >= 15 is 0 Å². The zero-order chi connectivity index (χ0) is 10.9. The maximum Gasteiger partial charge on any atom is 0.573 e. The summed E-state index contributed by atoms with van der Waals surface area (Å²) in [5.41, 5.74) is 1.13. The predicted molar refractivity (Wildman–Crippen MR) is 42.6 cm³/mol. The van der Waals surface area contributed by atoms with Gasteiger partial charge in [-0.25, -0.2) is 4.39 Å². The smallest absolute Gasteiger partial charge is 0.403 e. The summed E-state index contributed by atoms with van der Waals surface area (Å²) in [6, 6.07) is 2.04. The molecule has 0 N–H and O–H groups in total. The lowest BCUT2D eigenvalue weighted by Crippen LogP contribution is -2.18. The fourth-order valence-corrected chi connectivity index (χ4v) is 0.957. The van der Waals surface area contributed by atoms with Crippen LogP contribution in [-0.2, 0) is 0 Å². The first-order valence-corrected chi connectivity index (χ1v) is 3.82. The summed E-state index contributed by atoms with van der Waals surface area (Å²) < 4.78 is 51.7. The number of aryl methyl sites for hydroxylation is 2. The third-order valence-corrected chi connectivity index (χ3v) is 1.77. The molecule has 0 saturated heterocycles. The molecule has 1 nitrogen and oxygen atoms in total. The van der Waals surface area contributed by atoms with Gasteiger partial charge in [-0.15, -0.1) is 13.2 Å². The molecule has 78 valence electrons. The number of hydrogen-bond acceptors (Lipinski definition) is 1. The van der Waals surface area contributed by atoms with E-state index in [0.29, 0.717) is 11.1 Å². The van der Waals surface area contributed by atoms with E-state index in [-0.39, 0.29) is 0 Å². The SMILES string of the molecule is Cc1cc(F)c(OC(F)(F)F)cc1C. The number of halogens is 4. The maximum atomic E-state index is 12.9. The molecule has 0 unspecified atom stereocenters. The van der Waals surface area contributed by atoms with Crippen LogP contribution in [0.4, 0.5) is 17.6 Å². The third-order valence-electron chi connectivity index (χ3n) is 1.77. The Morgan fingerprint density at radius 3 is 2.07 bits per heavy atom. The number of alkyl halides is 3. The van der Waals surface area contributed by atoms with Crippen LogP contribution < -0.4 is 4.74 Å². The Morgan fingerprint density at radius 1 is 1.07 bits per heavy atom. The Hall–Kier alpha value is -1.26. The summed E-state index contributed by atoms with van der Waals surface area (Å²) in [5, 5.41) is 0. The van der Waals surface area contributed by atoms with Crippen LogP contribution in [0.5, 0.6) is 5.75 Å². The number of rotatable bonds is 1. The molecule has 0 aliphatic heterocycles. The monoisotopic (exact) mass is 208 g/mol. The molecule has 0 aliphatic rings. The van der Waals surface area contributed by atoms with Gasteiger partial charge in [0.2, 0.25) is 0 Å². The Labute approximate surface area is 78.3 Å². The minimum absolute atomic E-state index is 0.547. The Morgan fingerprint density at radius 2 is 1.57 bits per heavy atom. The van der Waals surface area contributed by atoms with Crippen LogP contribution in [-0.4, -0.2) is 6.36 Å². The fraction of sp³-hybridized carbons (Fsp3) is 0.333. The van der Waals surface area contributed by atoms with Crippen molar-refractivity contribution in [2.24, 2.45) is 0 Å². The van der Waals surface area contributed by atoms with Crippen molar-refractivity contribution in [3.63, 3.8) is 0 Å². The normalized spacial score (nSPS) is 11.6. The lowest BCUT2D eigenvalue weighted by molar-refractivity contribution is -0.275. The van der Waals surface area contributed by atoms with Crippen molar-refractivity contribution in [2.45, 2.75) is 20.2 Å². The van der Waals surface area contributed by atoms with Crippen LogP contribution in [0.15, 0.2) is 12.1 Å². The molecule has 14 heavy (non-hydrogen) atoms. The van der Waals surface area contributed by atoms with Crippen molar-refractivity contribution in [1.82, 2.24) is 0 Å². The van der Waals surface area contributed by atoms with Crippen LogP contribution in [0.1, 0.15) is 11.1 Å². The van der Waals surface area contributed by atoms with Gasteiger partial charge in [-0.05, 0) is 37.1 Å². The van der Waals surface area contributed by atoms with Gasteiger partial charge in [0, 0.05) is 0 Å². The van der Waals surface area contributed by atoms with Gasteiger partial charge in [-0.1, -0.05) is 0 Å². The second kappa shape index (κ2) is 3.48. The molecule has 0 spiro atoms. The molecular weight excluding hydrogens is 200 g/mol. The molecule has 0 aromatic heterocycles. The highest BCUT2D eigenvalue weighted by atomic mass is 19.4. The molecule has 0 amide bonds. The zero-order valence-corrected chi connectivity index (χ0v) is 7.57. The summed E-state index contributed by atoms with van der Waals surface area (Å²) in [6.07, 6.45) is -4.86. The number of hydrogen-bond donors (Lipinski definition) is 0. The topological polar surface area (TPSA) is 9.23 Å². The molecular formula is C9H8F4O. The summed E-state index contributed by atoms with van der Waals surface area (Å²) in [7, 11) is 0. The molecule has 1 aromatic carbocycles. The Balaban J connectivity index is 3.04. The highest BCUT2D eigenvalue weighted by molar-refractivity contribution is 5.35. The van der Waals surface area contributed by atoms with E-state index in [0.717, 1.165) is 12.1 Å². The van der Waals surface area contributed by atoms with E-state index < -0.39 is 17.9 Å². The van der Waals surface area contributed by atoms with E-state index in [9.17, 15) is 17.6 Å². The van der Waals surface area contributed by atoms with Gasteiger partial charge in [-0.2, -0.15) is 0 Å². The van der Waals surface area contributed by atoms with Gasteiger partial charge >= 0.3 is 6.36 Å². The summed E-state index contributed by atoms with van der Waals surface area (Å²) in [5.74, 6) is -1.80. The van der Waals surface area contributed by atoms with E-state index in [4.69, 9.17) is 0 Å². The van der Waals surface area contributed by atoms with E-state index in [1.807, 2.05) is 0 Å². The van der Waals surface area contributed by atoms with Crippen molar-refractivity contribution in [3.8, 4) is 5.75 Å². The van der Waals surface area contributed by atoms with Crippen molar-refractivity contribution in [3.05, 3.63) is 29.1 Å². The van der Waals surface area contributed by atoms with Gasteiger partial charge in [0.25, 0.3) is 0 Å². The largest absolute Gasteiger partial charge is 0.573 e. The minimum Gasteiger partial charge on any atom is -0.403 e. The molecule has 0 bridgehead atoms. The van der Waals surface area contributed by atoms with E-state index in [2.05, 4.69) is 4.74 Å². The van der Waals surface area contributed by atoms with Gasteiger partial charge < -0.3 is 4.74 Å². The Kier molecular flexibility index (Phi) is 2.69. The first-order chi connectivity index (χ1) is 6.29. The second-order valence-electron chi connectivity index (χ2n) is 2.91. The van der Waals surface area contributed by atoms with Crippen LogP contribution >= 0.6 is 0 Å². The molecule has 0 fully saturated rings. The quantitative estimate of drug-likeness (QED) is 0.643. The van der Waals surface area contributed by atoms with Crippen LogP contribution in [0.3, 0.4) is 0 Å². The van der Waals surface area contributed by atoms with Gasteiger partial charge in [0.1, 0.15) is 0 Å². The number of ether oxygens (including phenoxy) is 1. The first kappa shape index (κ1) is 10.8. The minimum atomic E-state index is -4.86. The molecule has 1 rings (SSSR count). The van der Waals surface area contributed by atoms with Crippen LogP contribution in [0.2, 0.25) is 0 Å². The van der Waals surface area contributed by atoms with Crippen molar-refractivity contribution >= 4 is 0 Å². The highest BCUT2D eigenvalue weighted by Gasteiger charge is 2.32. The van der Waals surface area contributed by atoms with Crippen molar-refractivity contribution in [1.29, 1.82) is 0 Å². The van der Waals surface area contributed by atoms with Crippen LogP contribution in [0.25, 0.3) is 0 Å².